The van der Waals surface area contributed by atoms with Crippen molar-refractivity contribution in [3.63, 3.8) is 0 Å². The number of hydrogen-bond donors (Lipinski definition) is 2. The summed E-state index contributed by atoms with van der Waals surface area (Å²) in [6, 6.07) is 0. The summed E-state index contributed by atoms with van der Waals surface area (Å²) in [6.45, 7) is 7.75. The maximum atomic E-state index is 12.7. The van der Waals surface area contributed by atoms with Gasteiger partial charge in [-0.25, -0.2) is 27.8 Å². The first-order valence-electron chi connectivity index (χ1n) is 10.5. The molecule has 0 fully saturated rings. The molecule has 0 saturated heterocycles. The van der Waals surface area contributed by atoms with Crippen LogP contribution in [0.15, 0.2) is 9.33 Å². The molecule has 1 rings (SSSR count). The first kappa shape index (κ1) is 31.0. The van der Waals surface area contributed by atoms with Crippen molar-refractivity contribution in [1.82, 2.24) is 19.6 Å². The zero-order chi connectivity index (χ0) is 28.1. The van der Waals surface area contributed by atoms with E-state index < -0.39 is 62.7 Å². The van der Waals surface area contributed by atoms with Gasteiger partial charge in [0.15, 0.2) is 0 Å². The molecule has 0 spiro atoms. The van der Waals surface area contributed by atoms with Crippen LogP contribution in [0.5, 0.6) is 0 Å². The average molecular weight is 553 g/mol. The fourth-order valence-corrected chi connectivity index (χ4v) is 3.94. The highest BCUT2D eigenvalue weighted by atomic mass is 32.2. The van der Waals surface area contributed by atoms with Crippen molar-refractivity contribution in [1.29, 1.82) is 0 Å². The van der Waals surface area contributed by atoms with Crippen LogP contribution in [0.3, 0.4) is 0 Å². The Balaban J connectivity index is 3.18. The van der Waals surface area contributed by atoms with Crippen molar-refractivity contribution < 1.29 is 42.2 Å². The van der Waals surface area contributed by atoms with Gasteiger partial charge in [-0.15, -0.1) is 5.10 Å². The number of hydrogen-bond acceptors (Lipinski definition) is 10. The molecular formula is C19H32N6O9S2. The Bertz CT molecular complexity index is 1160. The van der Waals surface area contributed by atoms with E-state index in [0.29, 0.717) is 11.3 Å². The van der Waals surface area contributed by atoms with Gasteiger partial charge in [-0.2, -0.15) is 4.99 Å². The second-order valence-electron chi connectivity index (χ2n) is 9.52. The van der Waals surface area contributed by atoms with Crippen LogP contribution in [0.25, 0.3) is 0 Å². The van der Waals surface area contributed by atoms with Crippen LogP contribution in [0, 0.1) is 0 Å². The Morgan fingerprint density at radius 2 is 1.44 bits per heavy atom. The number of rotatable bonds is 8. The molecule has 204 valence electrons. The lowest BCUT2D eigenvalue weighted by molar-refractivity contribution is -0.138. The van der Waals surface area contributed by atoms with Gasteiger partial charge in [-0.1, -0.05) is 11.3 Å². The number of nitrogens with zero attached hydrogens (tertiary/aromatic N) is 5. The number of ether oxygens (including phenoxy) is 2. The molecule has 0 aliphatic rings. The van der Waals surface area contributed by atoms with Gasteiger partial charge < -0.3 is 14.6 Å². The third kappa shape index (κ3) is 11.1. The molecule has 36 heavy (non-hydrogen) atoms. The number of carboxylic acid groups (broad SMARTS) is 1. The van der Waals surface area contributed by atoms with Crippen molar-refractivity contribution in [2.45, 2.75) is 57.1 Å². The van der Waals surface area contributed by atoms with E-state index in [1.54, 1.807) is 41.5 Å². The van der Waals surface area contributed by atoms with Crippen LogP contribution in [0.2, 0.25) is 0 Å². The minimum absolute atomic E-state index is 0.0885. The molecule has 0 bridgehead atoms. The minimum Gasteiger partial charge on any atom is -0.480 e. The van der Waals surface area contributed by atoms with Crippen LogP contribution in [-0.2, 0) is 36.1 Å². The van der Waals surface area contributed by atoms with E-state index in [1.165, 1.54) is 7.05 Å². The molecule has 0 saturated carbocycles. The number of carbonyl (C=O) groups excluding carboxylic acids is 3. The Morgan fingerprint density at radius 3 is 1.81 bits per heavy atom. The Hall–Kier alpha value is -3.05. The highest BCUT2D eigenvalue weighted by Gasteiger charge is 2.28. The SMILES string of the molecule is Cn1nc(S(N)(=O)=O)sc1=NC(=O)CN(CCN(CC(=O)O)C(=O)OC(C)(C)C)C(=O)OC(C)(C)C. The largest absolute Gasteiger partial charge is 0.480 e. The summed E-state index contributed by atoms with van der Waals surface area (Å²) in [5.41, 5.74) is -1.82. The van der Waals surface area contributed by atoms with Crippen molar-refractivity contribution in [2.24, 2.45) is 17.2 Å². The van der Waals surface area contributed by atoms with Crippen molar-refractivity contribution in [3.05, 3.63) is 4.80 Å². The quantitative estimate of drug-likeness (QED) is 0.445. The predicted octanol–water partition coefficient (Wildman–Crippen LogP) is 0.115. The molecule has 0 aromatic carbocycles. The molecule has 3 amide bonds. The number of carboxylic acids is 1. The zero-order valence-corrected chi connectivity index (χ0v) is 22.8. The van der Waals surface area contributed by atoms with Crippen molar-refractivity contribution >= 4 is 45.4 Å². The van der Waals surface area contributed by atoms with Gasteiger partial charge in [0.25, 0.3) is 15.9 Å². The fourth-order valence-electron chi connectivity index (χ4n) is 2.37. The lowest BCUT2D eigenvalue weighted by Gasteiger charge is -2.30. The van der Waals surface area contributed by atoms with Crippen molar-refractivity contribution in [3.8, 4) is 0 Å². The number of sulfonamides is 1. The van der Waals surface area contributed by atoms with E-state index in [-0.39, 0.29) is 17.9 Å². The number of nitrogens with two attached hydrogens (primary N) is 1. The van der Waals surface area contributed by atoms with E-state index in [0.717, 1.165) is 14.5 Å². The summed E-state index contributed by atoms with van der Waals surface area (Å²) in [5.74, 6) is -2.16. The maximum Gasteiger partial charge on any atom is 0.410 e. The van der Waals surface area contributed by atoms with E-state index >= 15 is 0 Å². The van der Waals surface area contributed by atoms with E-state index in [2.05, 4.69) is 10.1 Å². The van der Waals surface area contributed by atoms with Gasteiger partial charge in [-0.3, -0.25) is 19.4 Å². The summed E-state index contributed by atoms with van der Waals surface area (Å²) in [5, 5.41) is 17.9. The third-order valence-electron chi connectivity index (χ3n) is 3.75. The number of amides is 3. The number of aromatic nitrogens is 2. The predicted molar refractivity (Wildman–Crippen MR) is 126 cm³/mol. The molecule has 0 atom stereocenters. The van der Waals surface area contributed by atoms with E-state index in [4.69, 9.17) is 14.6 Å². The zero-order valence-electron chi connectivity index (χ0n) is 21.2. The molecular weight excluding hydrogens is 520 g/mol. The van der Waals surface area contributed by atoms with Crippen LogP contribution in [0.1, 0.15) is 41.5 Å². The van der Waals surface area contributed by atoms with Crippen molar-refractivity contribution in [2.75, 3.05) is 26.2 Å². The van der Waals surface area contributed by atoms with Crippen LogP contribution in [0.4, 0.5) is 9.59 Å². The highest BCUT2D eigenvalue weighted by molar-refractivity contribution is 7.91. The number of carbonyl (C=O) groups is 4. The summed E-state index contributed by atoms with van der Waals surface area (Å²) in [4.78, 5) is 54.5. The molecule has 1 aromatic rings. The Morgan fingerprint density at radius 1 is 1.00 bits per heavy atom. The second kappa shape index (κ2) is 11.8. The number of primary sulfonamides is 1. The first-order chi connectivity index (χ1) is 16.2. The minimum atomic E-state index is -4.11. The number of aryl methyl sites for hydroxylation is 1. The van der Waals surface area contributed by atoms with Gasteiger partial charge in [0.05, 0.1) is 0 Å². The maximum absolute atomic E-state index is 12.7. The summed E-state index contributed by atoms with van der Waals surface area (Å²) in [7, 11) is -2.76. The smallest absolute Gasteiger partial charge is 0.410 e. The van der Waals surface area contributed by atoms with E-state index in [9.17, 15) is 32.7 Å². The van der Waals surface area contributed by atoms with Crippen LogP contribution < -0.4 is 9.94 Å². The highest BCUT2D eigenvalue weighted by Crippen LogP contribution is 2.12. The molecule has 1 aromatic heterocycles. The standard InChI is InChI=1S/C19H32N6O9S2/c1-18(2,3)33-16(29)24(8-9-25(11-13(27)28)17(30)34-19(4,5)6)10-12(26)21-14-23(7)22-15(35-14)36(20,31)32/h8-11H2,1-7H3,(H,27,28)(H2,20,31,32). The molecule has 15 nitrogen and oxygen atoms in total. The average Bonchev–Trinajstić information content (AvgIpc) is 3.01. The molecule has 0 aliphatic carbocycles. The van der Waals surface area contributed by atoms with Crippen LogP contribution in [-0.4, -0.2) is 94.5 Å². The Labute approximate surface area is 212 Å². The topological polar surface area (TPSA) is 204 Å². The summed E-state index contributed by atoms with van der Waals surface area (Å²) < 4.78 is 34.1. The summed E-state index contributed by atoms with van der Waals surface area (Å²) >= 11 is 0.556. The molecule has 0 aliphatic heterocycles. The fraction of sp³-hybridized carbons (Fsp3) is 0.684. The molecule has 1 heterocycles. The van der Waals surface area contributed by atoms with Gasteiger partial charge in [0, 0.05) is 20.1 Å². The summed E-state index contributed by atoms with van der Waals surface area (Å²) in [6.07, 6.45) is -1.83. The van der Waals surface area contributed by atoms with Gasteiger partial charge >= 0.3 is 18.2 Å². The molecule has 0 unspecified atom stereocenters. The number of aliphatic carboxylic acids is 1. The molecule has 0 radical (unpaired) electrons. The molecule has 17 heteroatoms. The lowest BCUT2D eigenvalue weighted by atomic mass is 10.2. The monoisotopic (exact) mass is 552 g/mol. The first-order valence-corrected chi connectivity index (χ1v) is 12.9. The lowest BCUT2D eigenvalue weighted by Crippen LogP contribution is -2.47. The van der Waals surface area contributed by atoms with E-state index in [1.807, 2.05) is 0 Å². The van der Waals surface area contributed by atoms with Crippen LogP contribution >= 0.6 is 11.3 Å². The van der Waals surface area contributed by atoms with Gasteiger partial charge in [-0.05, 0) is 41.5 Å². The normalized spacial score (nSPS) is 12.7. The van der Waals surface area contributed by atoms with Gasteiger partial charge in [0.1, 0.15) is 24.3 Å². The molecule has 3 N–H and O–H groups in total. The second-order valence-corrected chi connectivity index (χ2v) is 12.2. The third-order valence-corrected chi connectivity index (χ3v) is 6.06. The van der Waals surface area contributed by atoms with Gasteiger partial charge in [0.2, 0.25) is 9.14 Å². The Kier molecular flexibility index (Phi) is 10.1.